The molecule has 0 saturated heterocycles. The van der Waals surface area contributed by atoms with Crippen LogP contribution in [0.25, 0.3) is 11.1 Å². The van der Waals surface area contributed by atoms with Crippen molar-refractivity contribution in [1.29, 1.82) is 0 Å². The topological polar surface area (TPSA) is 20.2 Å². The maximum Gasteiger partial charge on any atom is 0.0796 e. The summed E-state index contributed by atoms with van der Waals surface area (Å²) >= 11 is 3.45. The smallest absolute Gasteiger partial charge is 0.0796 e. The Balaban J connectivity index is 1.65. The molecule has 3 aromatic rings. The predicted molar refractivity (Wildman–Crippen MR) is 99.0 cm³/mol. The zero-order valence-electron chi connectivity index (χ0n) is 12.7. The van der Waals surface area contributed by atoms with Gasteiger partial charge in [0.1, 0.15) is 0 Å². The van der Waals surface area contributed by atoms with Crippen LogP contribution < -0.4 is 0 Å². The van der Waals surface area contributed by atoms with E-state index < -0.39 is 6.10 Å². The molecule has 23 heavy (non-hydrogen) atoms. The zero-order valence-corrected chi connectivity index (χ0v) is 14.3. The van der Waals surface area contributed by atoms with Crippen LogP contribution in [0.1, 0.15) is 23.7 Å². The van der Waals surface area contributed by atoms with Gasteiger partial charge in [-0.15, -0.1) is 0 Å². The fourth-order valence-corrected chi connectivity index (χ4v) is 2.78. The molecular weight excluding hydrogens is 348 g/mol. The molecule has 0 saturated carbocycles. The molecule has 1 nitrogen and oxygen atoms in total. The molecule has 0 heterocycles. The van der Waals surface area contributed by atoms with Gasteiger partial charge >= 0.3 is 0 Å². The Kier molecular flexibility index (Phi) is 5.27. The number of rotatable bonds is 5. The number of aliphatic hydroxyl groups is 1. The number of halogens is 1. The first-order chi connectivity index (χ1) is 11.2. The monoisotopic (exact) mass is 365 g/mol. The van der Waals surface area contributed by atoms with Crippen LogP contribution >= 0.6 is 15.9 Å². The molecule has 0 aromatic heterocycles. The molecular formula is C21H18BrO. The van der Waals surface area contributed by atoms with Crippen LogP contribution in [0, 0.1) is 6.42 Å². The Morgan fingerprint density at radius 2 is 1.35 bits per heavy atom. The highest BCUT2D eigenvalue weighted by Gasteiger charge is 2.08. The van der Waals surface area contributed by atoms with Crippen molar-refractivity contribution in [2.45, 2.75) is 12.5 Å². The van der Waals surface area contributed by atoms with Crippen molar-refractivity contribution in [3.63, 3.8) is 0 Å². The Labute approximate surface area is 145 Å². The summed E-state index contributed by atoms with van der Waals surface area (Å²) in [4.78, 5) is 0. The van der Waals surface area contributed by atoms with Crippen LogP contribution in [0.5, 0.6) is 0 Å². The third-order valence-corrected chi connectivity index (χ3v) is 4.38. The second kappa shape index (κ2) is 7.58. The minimum absolute atomic E-state index is 0.478. The maximum absolute atomic E-state index is 10.3. The quantitative estimate of drug-likeness (QED) is 0.606. The summed E-state index contributed by atoms with van der Waals surface area (Å²) in [5.74, 6) is 0. The normalized spacial score (nSPS) is 12.1. The van der Waals surface area contributed by atoms with Gasteiger partial charge in [0, 0.05) is 4.47 Å². The van der Waals surface area contributed by atoms with Crippen molar-refractivity contribution >= 4 is 15.9 Å². The van der Waals surface area contributed by atoms with Crippen molar-refractivity contribution in [3.05, 3.63) is 101 Å². The number of aliphatic hydroxyl groups excluding tert-OH is 1. The van der Waals surface area contributed by atoms with Gasteiger partial charge in [0.15, 0.2) is 0 Å². The molecule has 1 N–H and O–H groups in total. The first-order valence-corrected chi connectivity index (χ1v) is 8.44. The van der Waals surface area contributed by atoms with Gasteiger partial charge in [-0.1, -0.05) is 82.7 Å². The molecule has 1 atom stereocenters. The average Bonchev–Trinajstić information content (AvgIpc) is 2.61. The second-order valence-electron chi connectivity index (χ2n) is 5.50. The van der Waals surface area contributed by atoms with E-state index in [2.05, 4.69) is 46.6 Å². The summed E-state index contributed by atoms with van der Waals surface area (Å²) in [7, 11) is 0. The lowest BCUT2D eigenvalue weighted by molar-refractivity contribution is 0.178. The number of hydrogen-bond donors (Lipinski definition) is 1. The molecule has 3 rings (SSSR count). The third kappa shape index (κ3) is 4.31. The first kappa shape index (κ1) is 16.0. The van der Waals surface area contributed by atoms with Crippen LogP contribution in [0.15, 0.2) is 83.3 Å². The van der Waals surface area contributed by atoms with E-state index in [1.165, 1.54) is 5.56 Å². The molecule has 0 amide bonds. The largest absolute Gasteiger partial charge is 0.388 e. The standard InChI is InChI=1S/C21H18BrO/c22-20-13-11-18(12-14-20)17-7-9-19(10-8-17)21(23)15-6-16-4-2-1-3-5-16/h1-14,21,23H,15H2. The van der Waals surface area contributed by atoms with E-state index in [9.17, 15) is 5.11 Å². The molecule has 1 unspecified atom stereocenters. The van der Waals surface area contributed by atoms with Gasteiger partial charge in [-0.2, -0.15) is 0 Å². The van der Waals surface area contributed by atoms with E-state index in [1.54, 1.807) is 0 Å². The van der Waals surface area contributed by atoms with E-state index in [1.807, 2.05) is 54.6 Å². The summed E-state index contributed by atoms with van der Waals surface area (Å²) in [6.45, 7) is 0. The molecule has 0 bridgehead atoms. The maximum atomic E-state index is 10.3. The van der Waals surface area contributed by atoms with Crippen LogP contribution in [-0.4, -0.2) is 5.11 Å². The molecule has 0 aliphatic heterocycles. The molecule has 3 aromatic carbocycles. The highest BCUT2D eigenvalue weighted by molar-refractivity contribution is 9.10. The van der Waals surface area contributed by atoms with Gasteiger partial charge in [0.2, 0.25) is 0 Å². The predicted octanol–water partition coefficient (Wildman–Crippen LogP) is 5.79. The summed E-state index contributed by atoms with van der Waals surface area (Å²) in [5.41, 5.74) is 4.40. The highest BCUT2D eigenvalue weighted by Crippen LogP contribution is 2.25. The van der Waals surface area contributed by atoms with Crippen LogP contribution in [0.4, 0.5) is 0 Å². The van der Waals surface area contributed by atoms with Gasteiger partial charge in [-0.05, 0) is 47.2 Å². The van der Waals surface area contributed by atoms with E-state index in [0.29, 0.717) is 6.42 Å². The highest BCUT2D eigenvalue weighted by atomic mass is 79.9. The van der Waals surface area contributed by atoms with Gasteiger partial charge in [0.05, 0.1) is 6.10 Å². The lowest BCUT2D eigenvalue weighted by atomic mass is 9.98. The van der Waals surface area contributed by atoms with E-state index in [4.69, 9.17) is 0 Å². The average molecular weight is 366 g/mol. The Hall–Kier alpha value is -1.90. The van der Waals surface area contributed by atoms with Gasteiger partial charge < -0.3 is 5.11 Å². The number of benzene rings is 3. The minimum Gasteiger partial charge on any atom is -0.388 e. The third-order valence-electron chi connectivity index (χ3n) is 3.85. The van der Waals surface area contributed by atoms with Crippen molar-refractivity contribution in [3.8, 4) is 11.1 Å². The van der Waals surface area contributed by atoms with Gasteiger partial charge in [-0.25, -0.2) is 0 Å². The summed E-state index contributed by atoms with van der Waals surface area (Å²) in [6, 6.07) is 26.4. The van der Waals surface area contributed by atoms with E-state index in [0.717, 1.165) is 21.2 Å². The zero-order chi connectivity index (χ0) is 16.1. The van der Waals surface area contributed by atoms with Crippen molar-refractivity contribution in [2.24, 2.45) is 0 Å². The second-order valence-corrected chi connectivity index (χ2v) is 6.41. The first-order valence-electron chi connectivity index (χ1n) is 7.64. The van der Waals surface area contributed by atoms with Crippen molar-refractivity contribution in [1.82, 2.24) is 0 Å². The van der Waals surface area contributed by atoms with Crippen LogP contribution in [0.2, 0.25) is 0 Å². The SMILES string of the molecule is OC(C[CH]c1ccccc1)c1ccc(-c2ccc(Br)cc2)cc1. The summed E-state index contributed by atoms with van der Waals surface area (Å²) in [5, 5.41) is 10.3. The molecule has 1 radical (unpaired) electrons. The molecule has 0 aliphatic rings. The molecule has 2 heteroatoms. The lowest BCUT2D eigenvalue weighted by Gasteiger charge is -2.12. The summed E-state index contributed by atoms with van der Waals surface area (Å²) in [6.07, 6.45) is 2.20. The fraction of sp³-hybridized carbons (Fsp3) is 0.0952. The molecule has 0 spiro atoms. The Morgan fingerprint density at radius 3 is 1.96 bits per heavy atom. The number of hydrogen-bond acceptors (Lipinski definition) is 1. The van der Waals surface area contributed by atoms with Crippen LogP contribution in [0.3, 0.4) is 0 Å². The molecule has 115 valence electrons. The van der Waals surface area contributed by atoms with E-state index in [-0.39, 0.29) is 0 Å². The van der Waals surface area contributed by atoms with Gasteiger partial charge in [0.25, 0.3) is 0 Å². The Morgan fingerprint density at radius 1 is 0.783 bits per heavy atom. The van der Waals surface area contributed by atoms with Crippen molar-refractivity contribution in [2.75, 3.05) is 0 Å². The lowest BCUT2D eigenvalue weighted by Crippen LogP contribution is -1.98. The van der Waals surface area contributed by atoms with Gasteiger partial charge in [-0.3, -0.25) is 0 Å². The molecule has 0 aliphatic carbocycles. The van der Waals surface area contributed by atoms with E-state index >= 15 is 0 Å². The Bertz CT molecular complexity index is 733. The fourth-order valence-electron chi connectivity index (χ4n) is 2.51. The van der Waals surface area contributed by atoms with Crippen molar-refractivity contribution < 1.29 is 5.11 Å². The minimum atomic E-state index is -0.478. The van der Waals surface area contributed by atoms with Crippen LogP contribution in [-0.2, 0) is 0 Å². The molecule has 0 fully saturated rings. The summed E-state index contributed by atoms with van der Waals surface area (Å²) < 4.78 is 1.07.